The number of carbonyl (C=O) groups excluding carboxylic acids is 1. The third kappa shape index (κ3) is 4.84. The number of morpholine rings is 1. The van der Waals surface area contributed by atoms with Crippen LogP contribution in [0.1, 0.15) is 27.0 Å². The van der Waals surface area contributed by atoms with Gasteiger partial charge in [-0.25, -0.2) is 4.99 Å². The number of allylic oxidation sites excluding steroid dienone is 2. The zero-order chi connectivity index (χ0) is 23.2. The number of aliphatic imine (C=N–C) groups is 2. The van der Waals surface area contributed by atoms with Gasteiger partial charge in [-0.15, -0.1) is 0 Å². The Labute approximate surface area is 191 Å². The van der Waals surface area contributed by atoms with Crippen molar-refractivity contribution in [2.75, 3.05) is 33.4 Å². The summed E-state index contributed by atoms with van der Waals surface area (Å²) >= 11 is 0. The van der Waals surface area contributed by atoms with Crippen LogP contribution in [0.5, 0.6) is 5.75 Å². The first-order valence-corrected chi connectivity index (χ1v) is 10.5. The highest BCUT2D eigenvalue weighted by Crippen LogP contribution is 2.24. The van der Waals surface area contributed by atoms with E-state index in [1.165, 1.54) is 0 Å². The van der Waals surface area contributed by atoms with Crippen LogP contribution in [0, 0.1) is 11.3 Å². The van der Waals surface area contributed by atoms with Crippen LogP contribution < -0.4 is 5.32 Å². The minimum absolute atomic E-state index is 0.0911. The third-order valence-corrected chi connectivity index (χ3v) is 5.35. The van der Waals surface area contributed by atoms with E-state index in [4.69, 9.17) is 15.0 Å². The van der Waals surface area contributed by atoms with E-state index in [1.807, 2.05) is 12.1 Å². The molecule has 33 heavy (non-hydrogen) atoms. The fourth-order valence-electron chi connectivity index (χ4n) is 3.62. The Morgan fingerprint density at radius 1 is 1.24 bits per heavy atom. The second-order valence-corrected chi connectivity index (χ2v) is 7.45. The Bertz CT molecular complexity index is 1210. The lowest BCUT2D eigenvalue weighted by molar-refractivity contribution is 0.0301. The zero-order valence-corrected chi connectivity index (χ0v) is 18.2. The maximum Gasteiger partial charge on any atom is 0.257 e. The third-order valence-electron chi connectivity index (χ3n) is 5.35. The number of phenols is 1. The molecule has 1 saturated heterocycles. The van der Waals surface area contributed by atoms with Gasteiger partial charge in [0, 0.05) is 43.7 Å². The second-order valence-electron chi connectivity index (χ2n) is 7.45. The van der Waals surface area contributed by atoms with Crippen LogP contribution in [0.4, 0.5) is 0 Å². The van der Waals surface area contributed by atoms with Crippen LogP contribution in [0.25, 0.3) is 5.57 Å². The molecule has 0 atom stereocenters. The second kappa shape index (κ2) is 9.94. The summed E-state index contributed by atoms with van der Waals surface area (Å²) < 4.78 is 5.29. The number of phenolic OH excluding ortho intramolecular Hbond substituents is 1. The molecule has 0 spiro atoms. The molecule has 4 rings (SSSR count). The number of nitriles is 1. The Morgan fingerprint density at radius 2 is 2.00 bits per heavy atom. The molecular weight excluding hydrogens is 418 g/mol. The van der Waals surface area contributed by atoms with Gasteiger partial charge in [0.2, 0.25) is 0 Å². The lowest BCUT2D eigenvalue weighted by Gasteiger charge is -2.27. The van der Waals surface area contributed by atoms with Gasteiger partial charge < -0.3 is 20.1 Å². The van der Waals surface area contributed by atoms with Crippen LogP contribution >= 0.6 is 0 Å². The number of carbonyl (C=O) groups is 1. The first kappa shape index (κ1) is 22.0. The summed E-state index contributed by atoms with van der Waals surface area (Å²) in [6, 6.07) is 14.2. The minimum atomic E-state index is -0.215. The van der Waals surface area contributed by atoms with Gasteiger partial charge in [0.25, 0.3) is 5.91 Å². The smallest absolute Gasteiger partial charge is 0.257 e. The lowest BCUT2D eigenvalue weighted by Crippen LogP contribution is -2.40. The zero-order valence-electron chi connectivity index (χ0n) is 18.2. The first-order valence-electron chi connectivity index (χ1n) is 10.5. The van der Waals surface area contributed by atoms with E-state index in [1.54, 1.807) is 60.8 Å². The van der Waals surface area contributed by atoms with E-state index in [9.17, 15) is 9.90 Å². The summed E-state index contributed by atoms with van der Waals surface area (Å²) in [7, 11) is 1.68. The van der Waals surface area contributed by atoms with Crippen molar-refractivity contribution in [2.24, 2.45) is 9.98 Å². The van der Waals surface area contributed by atoms with Crippen molar-refractivity contribution in [3.8, 4) is 11.8 Å². The molecule has 2 aliphatic heterocycles. The minimum Gasteiger partial charge on any atom is -0.507 e. The van der Waals surface area contributed by atoms with Crippen LogP contribution in [0.3, 0.4) is 0 Å². The van der Waals surface area contributed by atoms with E-state index in [0.717, 1.165) is 11.1 Å². The Morgan fingerprint density at radius 3 is 2.67 bits per heavy atom. The van der Waals surface area contributed by atoms with Crippen molar-refractivity contribution in [1.82, 2.24) is 10.2 Å². The number of nitrogens with one attached hydrogen (secondary N) is 1. The van der Waals surface area contributed by atoms with Gasteiger partial charge in [0.1, 0.15) is 11.6 Å². The van der Waals surface area contributed by atoms with Crippen molar-refractivity contribution in [1.29, 1.82) is 5.26 Å². The quantitative estimate of drug-likeness (QED) is 0.709. The first-order chi connectivity index (χ1) is 16.1. The van der Waals surface area contributed by atoms with Gasteiger partial charge in [0.15, 0.2) is 0 Å². The molecule has 0 bridgehead atoms. The molecule has 8 nitrogen and oxygen atoms in total. The Kier molecular flexibility index (Phi) is 6.62. The molecule has 0 radical (unpaired) electrons. The molecule has 2 aliphatic rings. The average Bonchev–Trinajstić information content (AvgIpc) is 2.87. The fourth-order valence-corrected chi connectivity index (χ4v) is 3.62. The fraction of sp³-hybridized carbons (Fsp3) is 0.200. The number of hydrogen-bond acceptors (Lipinski definition) is 7. The maximum atomic E-state index is 12.7. The van der Waals surface area contributed by atoms with Gasteiger partial charge in [-0.1, -0.05) is 18.2 Å². The predicted molar refractivity (Wildman–Crippen MR) is 126 cm³/mol. The van der Waals surface area contributed by atoms with Gasteiger partial charge in [-0.2, -0.15) is 5.26 Å². The van der Waals surface area contributed by atoms with Crippen molar-refractivity contribution in [2.45, 2.75) is 0 Å². The average molecular weight is 441 g/mol. The van der Waals surface area contributed by atoms with Crippen LogP contribution in [0.15, 0.2) is 70.5 Å². The summed E-state index contributed by atoms with van der Waals surface area (Å²) in [5.74, 6) is 0.273. The number of aromatic hydroxyl groups is 1. The summed E-state index contributed by atoms with van der Waals surface area (Å²) in [6.07, 6.45) is 5.25. The number of rotatable bonds is 4. The number of nitrogens with zero attached hydrogens (tertiary/aromatic N) is 4. The predicted octanol–water partition coefficient (Wildman–Crippen LogP) is 2.71. The SMILES string of the molecule is C/N=C\C(=C1\N=C(c2ccc(C(=O)N3CCOCC3)c(O)c2)C=CN1)c1ccc(C#N)cc1. The summed E-state index contributed by atoms with van der Waals surface area (Å²) in [4.78, 5) is 23.3. The van der Waals surface area contributed by atoms with Crippen LogP contribution in [-0.4, -0.2) is 61.2 Å². The van der Waals surface area contributed by atoms with E-state index in [0.29, 0.717) is 49.0 Å². The standard InChI is InChI=1S/C25H23N5O3/c1-27-16-21(18-4-2-17(15-26)3-5-18)24-28-9-8-22(29-24)19-6-7-20(23(31)14-19)25(32)30-10-12-33-13-11-30/h2-9,14,16,28,31H,10-13H2,1H3/b24-21-,27-16-. The molecule has 2 N–H and O–H groups in total. The van der Waals surface area contributed by atoms with Crippen molar-refractivity contribution >= 4 is 23.4 Å². The number of hydrogen-bond donors (Lipinski definition) is 2. The summed E-state index contributed by atoms with van der Waals surface area (Å²) in [5.41, 5.74) is 3.74. The van der Waals surface area contributed by atoms with Gasteiger partial charge >= 0.3 is 0 Å². The Balaban J connectivity index is 1.66. The number of benzene rings is 2. The molecule has 0 aliphatic carbocycles. The van der Waals surface area contributed by atoms with Gasteiger partial charge in [-0.05, 0) is 35.9 Å². The highest BCUT2D eigenvalue weighted by molar-refractivity contribution is 6.14. The molecule has 2 aromatic carbocycles. The van der Waals surface area contributed by atoms with E-state index < -0.39 is 0 Å². The summed E-state index contributed by atoms with van der Waals surface area (Å²) in [5, 5.41) is 22.8. The molecule has 0 saturated carbocycles. The monoisotopic (exact) mass is 441 g/mol. The van der Waals surface area contributed by atoms with Gasteiger partial charge in [0.05, 0.1) is 36.1 Å². The van der Waals surface area contributed by atoms with Crippen molar-refractivity contribution in [3.05, 3.63) is 82.8 Å². The molecule has 1 fully saturated rings. The molecule has 166 valence electrons. The lowest BCUT2D eigenvalue weighted by atomic mass is 10.0. The van der Waals surface area contributed by atoms with Crippen molar-refractivity contribution < 1.29 is 14.6 Å². The van der Waals surface area contributed by atoms with E-state index >= 15 is 0 Å². The molecule has 8 heteroatoms. The normalized spacial score (nSPS) is 17.3. The molecule has 0 aromatic heterocycles. The largest absolute Gasteiger partial charge is 0.507 e. The molecule has 1 amide bonds. The molecule has 2 aromatic rings. The molecular formula is C25H23N5O3. The van der Waals surface area contributed by atoms with Crippen molar-refractivity contribution in [3.63, 3.8) is 0 Å². The maximum absolute atomic E-state index is 12.7. The molecule has 0 unspecified atom stereocenters. The highest BCUT2D eigenvalue weighted by Gasteiger charge is 2.22. The topological polar surface area (TPSA) is 110 Å². The Hall–Kier alpha value is -4.22. The number of ether oxygens (including phenoxy) is 1. The van der Waals surface area contributed by atoms with Gasteiger partial charge in [-0.3, -0.25) is 9.79 Å². The molecule has 2 heterocycles. The van der Waals surface area contributed by atoms with E-state index in [2.05, 4.69) is 16.4 Å². The summed E-state index contributed by atoms with van der Waals surface area (Å²) in [6.45, 7) is 2.01. The highest BCUT2D eigenvalue weighted by atomic mass is 16.5. The van der Waals surface area contributed by atoms with E-state index in [-0.39, 0.29) is 17.2 Å². The van der Waals surface area contributed by atoms with Crippen LogP contribution in [0.2, 0.25) is 0 Å². The number of amides is 1. The van der Waals surface area contributed by atoms with Crippen LogP contribution in [-0.2, 0) is 4.74 Å².